The second-order valence-corrected chi connectivity index (χ2v) is 6.76. The van der Waals surface area contributed by atoms with E-state index in [0.29, 0.717) is 0 Å². The SMILES string of the molecule is Clc1ccc(Cl)c(SCCNCC2CCCC2)c1. The van der Waals surface area contributed by atoms with Crippen LogP contribution in [0.25, 0.3) is 0 Å². The molecule has 4 heteroatoms. The predicted octanol–water partition coefficient (Wildman–Crippen LogP) is 4.87. The molecule has 0 atom stereocenters. The second-order valence-electron chi connectivity index (χ2n) is 4.78. The van der Waals surface area contributed by atoms with E-state index in [-0.39, 0.29) is 0 Å². The van der Waals surface area contributed by atoms with E-state index >= 15 is 0 Å². The molecule has 1 aliphatic carbocycles. The van der Waals surface area contributed by atoms with Crippen LogP contribution in [0.5, 0.6) is 0 Å². The van der Waals surface area contributed by atoms with Crippen molar-refractivity contribution in [3.05, 3.63) is 28.2 Å². The molecule has 1 aromatic rings. The zero-order valence-corrected chi connectivity index (χ0v) is 12.8. The van der Waals surface area contributed by atoms with Gasteiger partial charge in [0.15, 0.2) is 0 Å². The van der Waals surface area contributed by atoms with Gasteiger partial charge in [0.1, 0.15) is 0 Å². The number of halogens is 2. The van der Waals surface area contributed by atoms with E-state index in [1.54, 1.807) is 11.8 Å². The van der Waals surface area contributed by atoms with Gasteiger partial charge in [-0.1, -0.05) is 36.0 Å². The zero-order chi connectivity index (χ0) is 12.8. The normalized spacial score (nSPS) is 16.3. The van der Waals surface area contributed by atoms with Crippen LogP contribution in [0, 0.1) is 5.92 Å². The van der Waals surface area contributed by atoms with E-state index < -0.39 is 0 Å². The summed E-state index contributed by atoms with van der Waals surface area (Å²) < 4.78 is 0. The summed E-state index contributed by atoms with van der Waals surface area (Å²) in [6.45, 7) is 2.20. The molecule has 0 unspecified atom stereocenters. The molecule has 1 N–H and O–H groups in total. The summed E-state index contributed by atoms with van der Waals surface area (Å²) in [6.07, 6.45) is 5.64. The van der Waals surface area contributed by atoms with Crippen LogP contribution in [-0.2, 0) is 0 Å². The molecule has 0 aromatic heterocycles. The maximum atomic E-state index is 6.11. The Morgan fingerprint density at radius 2 is 2.00 bits per heavy atom. The number of hydrogen-bond donors (Lipinski definition) is 1. The fraction of sp³-hybridized carbons (Fsp3) is 0.571. The van der Waals surface area contributed by atoms with Gasteiger partial charge in [0.25, 0.3) is 0 Å². The fourth-order valence-corrected chi connectivity index (χ4v) is 3.74. The highest BCUT2D eigenvalue weighted by molar-refractivity contribution is 7.99. The molecule has 100 valence electrons. The Hall–Kier alpha value is 0.110. The van der Waals surface area contributed by atoms with Crippen LogP contribution in [0.1, 0.15) is 25.7 Å². The van der Waals surface area contributed by atoms with Crippen molar-refractivity contribution in [3.63, 3.8) is 0 Å². The van der Waals surface area contributed by atoms with Gasteiger partial charge in [-0.3, -0.25) is 0 Å². The topological polar surface area (TPSA) is 12.0 Å². The minimum absolute atomic E-state index is 0.751. The minimum atomic E-state index is 0.751. The highest BCUT2D eigenvalue weighted by atomic mass is 35.5. The van der Waals surface area contributed by atoms with E-state index in [0.717, 1.165) is 33.2 Å². The predicted molar refractivity (Wildman–Crippen MR) is 82.0 cm³/mol. The van der Waals surface area contributed by atoms with Crippen molar-refractivity contribution >= 4 is 35.0 Å². The molecule has 1 aromatic carbocycles. The zero-order valence-electron chi connectivity index (χ0n) is 10.4. The first-order valence-corrected chi connectivity index (χ1v) is 8.28. The monoisotopic (exact) mass is 303 g/mol. The van der Waals surface area contributed by atoms with Crippen molar-refractivity contribution in [1.29, 1.82) is 0 Å². The lowest BCUT2D eigenvalue weighted by atomic mass is 10.1. The van der Waals surface area contributed by atoms with Gasteiger partial charge in [-0.15, -0.1) is 11.8 Å². The van der Waals surface area contributed by atoms with E-state index in [4.69, 9.17) is 23.2 Å². The third-order valence-electron chi connectivity index (χ3n) is 3.34. The van der Waals surface area contributed by atoms with Crippen LogP contribution in [0.15, 0.2) is 23.1 Å². The van der Waals surface area contributed by atoms with Crippen molar-refractivity contribution < 1.29 is 0 Å². The van der Waals surface area contributed by atoms with E-state index in [1.165, 1.54) is 32.2 Å². The van der Waals surface area contributed by atoms with E-state index in [2.05, 4.69) is 5.32 Å². The number of rotatable bonds is 6. The third kappa shape index (κ3) is 4.65. The fourth-order valence-electron chi connectivity index (χ4n) is 2.34. The van der Waals surface area contributed by atoms with Crippen molar-refractivity contribution in [2.45, 2.75) is 30.6 Å². The van der Waals surface area contributed by atoms with Crippen molar-refractivity contribution in [2.75, 3.05) is 18.8 Å². The van der Waals surface area contributed by atoms with Gasteiger partial charge >= 0.3 is 0 Å². The van der Waals surface area contributed by atoms with Gasteiger partial charge in [0.2, 0.25) is 0 Å². The molecule has 0 saturated heterocycles. The maximum Gasteiger partial charge on any atom is 0.0542 e. The number of thioether (sulfide) groups is 1. The van der Waals surface area contributed by atoms with Gasteiger partial charge in [0.05, 0.1) is 5.02 Å². The first-order valence-electron chi connectivity index (χ1n) is 6.54. The number of nitrogens with one attached hydrogen (secondary N) is 1. The summed E-state index contributed by atoms with van der Waals surface area (Å²) in [5.74, 6) is 1.94. The molecular formula is C14H19Cl2NS. The molecule has 0 amide bonds. The quantitative estimate of drug-likeness (QED) is 0.594. The molecule has 0 radical (unpaired) electrons. The van der Waals surface area contributed by atoms with Crippen LogP contribution in [0.3, 0.4) is 0 Å². The standard InChI is InChI=1S/C14H19Cl2NS/c15-12-5-6-13(16)14(9-12)18-8-7-17-10-11-3-1-2-4-11/h5-6,9,11,17H,1-4,7-8,10H2. The summed E-state index contributed by atoms with van der Waals surface area (Å²) in [6, 6.07) is 5.62. The summed E-state index contributed by atoms with van der Waals surface area (Å²) in [7, 11) is 0. The molecule has 1 nitrogen and oxygen atoms in total. The molecule has 0 aliphatic heterocycles. The molecule has 1 aliphatic rings. The first kappa shape index (κ1) is 14.5. The molecule has 0 spiro atoms. The van der Waals surface area contributed by atoms with Crippen LogP contribution in [0.4, 0.5) is 0 Å². The average Bonchev–Trinajstić information content (AvgIpc) is 2.86. The van der Waals surface area contributed by atoms with Crippen molar-refractivity contribution in [3.8, 4) is 0 Å². The summed E-state index contributed by atoms with van der Waals surface area (Å²) in [5, 5.41) is 5.08. The van der Waals surface area contributed by atoms with Gasteiger partial charge in [-0.05, 0) is 43.5 Å². The first-order chi connectivity index (χ1) is 8.75. The lowest BCUT2D eigenvalue weighted by molar-refractivity contribution is 0.500. The van der Waals surface area contributed by atoms with Gasteiger partial charge in [0, 0.05) is 22.2 Å². The molecule has 18 heavy (non-hydrogen) atoms. The number of hydrogen-bond acceptors (Lipinski definition) is 2. The van der Waals surface area contributed by atoms with Gasteiger partial charge < -0.3 is 5.32 Å². The lowest BCUT2D eigenvalue weighted by Gasteiger charge is -2.10. The molecule has 0 heterocycles. The lowest BCUT2D eigenvalue weighted by Crippen LogP contribution is -2.23. The average molecular weight is 304 g/mol. The van der Waals surface area contributed by atoms with Crippen LogP contribution in [0.2, 0.25) is 10.0 Å². The second kappa shape index (κ2) is 7.64. The summed E-state index contributed by atoms with van der Waals surface area (Å²) in [5.41, 5.74) is 0. The smallest absolute Gasteiger partial charge is 0.0542 e. The minimum Gasteiger partial charge on any atom is -0.316 e. The Morgan fingerprint density at radius 3 is 2.78 bits per heavy atom. The molecule has 2 rings (SSSR count). The van der Waals surface area contributed by atoms with E-state index in [9.17, 15) is 0 Å². The summed E-state index contributed by atoms with van der Waals surface area (Å²) >= 11 is 13.8. The van der Waals surface area contributed by atoms with Crippen LogP contribution in [-0.4, -0.2) is 18.8 Å². The molecular weight excluding hydrogens is 285 g/mol. The Labute approximate surface area is 124 Å². The third-order valence-corrected chi connectivity index (χ3v) is 5.07. The van der Waals surface area contributed by atoms with E-state index in [1.807, 2.05) is 18.2 Å². The highest BCUT2D eigenvalue weighted by Crippen LogP contribution is 2.29. The van der Waals surface area contributed by atoms with Gasteiger partial charge in [-0.25, -0.2) is 0 Å². The Balaban J connectivity index is 1.64. The maximum absolute atomic E-state index is 6.11. The Kier molecular flexibility index (Phi) is 6.16. The van der Waals surface area contributed by atoms with Gasteiger partial charge in [-0.2, -0.15) is 0 Å². The largest absolute Gasteiger partial charge is 0.316 e. The molecule has 0 bridgehead atoms. The van der Waals surface area contributed by atoms with Crippen molar-refractivity contribution in [1.82, 2.24) is 5.32 Å². The molecule has 1 saturated carbocycles. The molecule has 1 fully saturated rings. The van der Waals surface area contributed by atoms with Crippen molar-refractivity contribution in [2.24, 2.45) is 5.92 Å². The number of benzene rings is 1. The van der Waals surface area contributed by atoms with Crippen LogP contribution < -0.4 is 5.32 Å². The summed E-state index contributed by atoms with van der Waals surface area (Å²) in [4.78, 5) is 1.08. The Bertz CT molecular complexity index is 378. The van der Waals surface area contributed by atoms with Crippen LogP contribution >= 0.6 is 35.0 Å². The Morgan fingerprint density at radius 1 is 1.22 bits per heavy atom. The highest BCUT2D eigenvalue weighted by Gasteiger charge is 2.13.